The Hall–Kier alpha value is -2.25. The van der Waals surface area contributed by atoms with E-state index in [1.54, 1.807) is 6.92 Å². The second-order valence-corrected chi connectivity index (χ2v) is 7.36. The lowest BCUT2D eigenvalue weighted by Crippen LogP contribution is -2.26. The molecule has 5 nitrogen and oxygen atoms in total. The van der Waals surface area contributed by atoms with E-state index in [1.807, 2.05) is 18.2 Å². The third-order valence-corrected chi connectivity index (χ3v) is 5.16. The monoisotopic (exact) mass is 348 g/mol. The molecule has 1 heterocycles. The van der Waals surface area contributed by atoms with E-state index in [0.717, 1.165) is 17.1 Å². The molecule has 1 N–H and O–H groups in total. The first-order valence-corrected chi connectivity index (χ1v) is 8.95. The predicted molar refractivity (Wildman–Crippen MR) is 88.8 cm³/mol. The average Bonchev–Trinajstić information content (AvgIpc) is 2.89. The molecule has 0 bridgehead atoms. The lowest BCUT2D eigenvalue weighted by molar-refractivity contribution is 0.560. The van der Waals surface area contributed by atoms with Crippen LogP contribution in [0.1, 0.15) is 17.0 Å². The van der Waals surface area contributed by atoms with Crippen molar-refractivity contribution in [2.24, 2.45) is 0 Å². The standard InChI is InChI=1S/C17H17FN2O3S/c1-11-9-14(4-5-15(11)18)24(21,22)19-8-7-13-3-6-16-17(10-13)23-12(2)20-16/h3-6,9-10,19H,7-8H2,1-2H3. The fraction of sp³-hybridized carbons (Fsp3) is 0.235. The van der Waals surface area contributed by atoms with Crippen molar-refractivity contribution in [3.8, 4) is 0 Å². The van der Waals surface area contributed by atoms with Crippen LogP contribution in [0.4, 0.5) is 4.39 Å². The van der Waals surface area contributed by atoms with E-state index < -0.39 is 15.8 Å². The molecule has 2 aromatic carbocycles. The summed E-state index contributed by atoms with van der Waals surface area (Å²) in [5.74, 6) is 0.166. The molecular formula is C17H17FN2O3S. The van der Waals surface area contributed by atoms with Crippen LogP contribution >= 0.6 is 0 Å². The molecule has 0 unspecified atom stereocenters. The van der Waals surface area contributed by atoms with Crippen molar-refractivity contribution in [1.29, 1.82) is 0 Å². The van der Waals surface area contributed by atoms with Crippen LogP contribution in [0.5, 0.6) is 0 Å². The Morgan fingerprint density at radius 1 is 1.17 bits per heavy atom. The quantitative estimate of drug-likeness (QED) is 0.769. The van der Waals surface area contributed by atoms with Gasteiger partial charge < -0.3 is 4.42 Å². The molecule has 0 saturated carbocycles. The summed E-state index contributed by atoms with van der Waals surface area (Å²) in [7, 11) is -3.66. The number of hydrogen-bond acceptors (Lipinski definition) is 4. The van der Waals surface area contributed by atoms with Gasteiger partial charge in [0, 0.05) is 13.5 Å². The molecule has 3 aromatic rings. The average molecular weight is 348 g/mol. The molecule has 24 heavy (non-hydrogen) atoms. The van der Waals surface area contributed by atoms with E-state index >= 15 is 0 Å². The van der Waals surface area contributed by atoms with Gasteiger partial charge in [0.25, 0.3) is 0 Å². The zero-order valence-corrected chi connectivity index (χ0v) is 14.2. The number of aromatic nitrogens is 1. The van der Waals surface area contributed by atoms with Crippen LogP contribution in [0.2, 0.25) is 0 Å². The van der Waals surface area contributed by atoms with Gasteiger partial charge in [-0.05, 0) is 54.8 Å². The van der Waals surface area contributed by atoms with Gasteiger partial charge in [-0.15, -0.1) is 0 Å². The van der Waals surface area contributed by atoms with E-state index in [9.17, 15) is 12.8 Å². The highest BCUT2D eigenvalue weighted by molar-refractivity contribution is 7.89. The summed E-state index contributed by atoms with van der Waals surface area (Å²) in [4.78, 5) is 4.28. The van der Waals surface area contributed by atoms with Gasteiger partial charge in [-0.2, -0.15) is 0 Å². The van der Waals surface area contributed by atoms with Gasteiger partial charge in [-0.25, -0.2) is 22.5 Å². The Balaban J connectivity index is 1.68. The summed E-state index contributed by atoms with van der Waals surface area (Å²) in [6, 6.07) is 9.32. The molecule has 0 amide bonds. The molecule has 0 fully saturated rings. The number of halogens is 1. The zero-order chi connectivity index (χ0) is 17.3. The summed E-state index contributed by atoms with van der Waals surface area (Å²) in [5.41, 5.74) is 2.70. The van der Waals surface area contributed by atoms with Crippen LogP contribution in [0.3, 0.4) is 0 Å². The molecule has 0 aliphatic rings. The molecule has 0 aliphatic carbocycles. The Morgan fingerprint density at radius 2 is 1.96 bits per heavy atom. The zero-order valence-electron chi connectivity index (χ0n) is 13.3. The van der Waals surface area contributed by atoms with Crippen LogP contribution in [0.25, 0.3) is 11.1 Å². The Kier molecular flexibility index (Phi) is 4.38. The molecule has 7 heteroatoms. The number of fused-ring (bicyclic) bond motifs is 1. The maximum atomic E-state index is 13.3. The fourth-order valence-corrected chi connectivity index (χ4v) is 3.55. The summed E-state index contributed by atoms with van der Waals surface area (Å²) in [6.07, 6.45) is 0.509. The van der Waals surface area contributed by atoms with Crippen molar-refractivity contribution in [2.45, 2.75) is 25.2 Å². The molecule has 1 aromatic heterocycles. The minimum Gasteiger partial charge on any atom is -0.441 e. The highest BCUT2D eigenvalue weighted by Crippen LogP contribution is 2.17. The number of hydrogen-bond donors (Lipinski definition) is 1. The molecule has 3 rings (SSSR count). The van der Waals surface area contributed by atoms with Gasteiger partial charge in [-0.3, -0.25) is 0 Å². The van der Waals surface area contributed by atoms with E-state index in [-0.39, 0.29) is 11.4 Å². The molecule has 0 spiro atoms. The van der Waals surface area contributed by atoms with Crippen molar-refractivity contribution in [3.63, 3.8) is 0 Å². The highest BCUT2D eigenvalue weighted by Gasteiger charge is 2.14. The Labute approximate surface area is 139 Å². The fourth-order valence-electron chi connectivity index (χ4n) is 2.44. The van der Waals surface area contributed by atoms with Crippen LogP contribution in [0, 0.1) is 19.7 Å². The van der Waals surface area contributed by atoms with Gasteiger partial charge in [0.2, 0.25) is 10.0 Å². The second kappa shape index (κ2) is 6.33. The maximum Gasteiger partial charge on any atom is 0.240 e. The highest BCUT2D eigenvalue weighted by atomic mass is 32.2. The number of sulfonamides is 1. The molecule has 0 aliphatic heterocycles. The summed E-state index contributed by atoms with van der Waals surface area (Å²) in [6.45, 7) is 3.54. The van der Waals surface area contributed by atoms with Crippen LogP contribution in [-0.4, -0.2) is 19.9 Å². The first kappa shape index (κ1) is 16.6. The van der Waals surface area contributed by atoms with Gasteiger partial charge in [0.1, 0.15) is 11.3 Å². The van der Waals surface area contributed by atoms with Gasteiger partial charge >= 0.3 is 0 Å². The normalized spacial score (nSPS) is 12.0. The van der Waals surface area contributed by atoms with E-state index in [2.05, 4.69) is 9.71 Å². The van der Waals surface area contributed by atoms with Crippen LogP contribution in [0.15, 0.2) is 45.7 Å². The lowest BCUT2D eigenvalue weighted by Gasteiger charge is -2.08. The van der Waals surface area contributed by atoms with E-state index in [1.165, 1.54) is 19.1 Å². The number of aryl methyl sites for hydroxylation is 2. The largest absolute Gasteiger partial charge is 0.441 e. The predicted octanol–water partition coefficient (Wildman–Crippen LogP) is 3.10. The third kappa shape index (κ3) is 3.47. The minimum atomic E-state index is -3.66. The lowest BCUT2D eigenvalue weighted by atomic mass is 10.1. The smallest absolute Gasteiger partial charge is 0.240 e. The molecular weight excluding hydrogens is 331 g/mol. The Bertz CT molecular complexity index is 996. The first-order chi connectivity index (χ1) is 11.3. The van der Waals surface area contributed by atoms with Crippen molar-refractivity contribution >= 4 is 21.1 Å². The van der Waals surface area contributed by atoms with E-state index in [0.29, 0.717) is 23.5 Å². The Morgan fingerprint density at radius 3 is 2.71 bits per heavy atom. The van der Waals surface area contributed by atoms with Crippen LogP contribution < -0.4 is 4.72 Å². The number of nitrogens with zero attached hydrogens (tertiary/aromatic N) is 1. The van der Waals surface area contributed by atoms with Crippen molar-refractivity contribution in [1.82, 2.24) is 9.71 Å². The second-order valence-electron chi connectivity index (χ2n) is 5.59. The first-order valence-electron chi connectivity index (χ1n) is 7.47. The topological polar surface area (TPSA) is 72.2 Å². The minimum absolute atomic E-state index is 0.0581. The number of nitrogens with one attached hydrogen (secondary N) is 1. The van der Waals surface area contributed by atoms with E-state index in [4.69, 9.17) is 4.42 Å². The number of benzene rings is 2. The summed E-state index contributed by atoms with van der Waals surface area (Å²) >= 11 is 0. The number of oxazole rings is 1. The molecule has 126 valence electrons. The van der Waals surface area contributed by atoms with Crippen molar-refractivity contribution < 1.29 is 17.2 Å². The van der Waals surface area contributed by atoms with Crippen LogP contribution in [-0.2, 0) is 16.4 Å². The summed E-state index contributed by atoms with van der Waals surface area (Å²) < 4.78 is 45.7. The number of rotatable bonds is 5. The summed E-state index contributed by atoms with van der Waals surface area (Å²) in [5, 5.41) is 0. The molecule has 0 radical (unpaired) electrons. The van der Waals surface area contributed by atoms with Gasteiger partial charge in [0.05, 0.1) is 4.90 Å². The maximum absolute atomic E-state index is 13.3. The van der Waals surface area contributed by atoms with Crippen molar-refractivity contribution in [3.05, 3.63) is 59.2 Å². The van der Waals surface area contributed by atoms with Crippen molar-refractivity contribution in [2.75, 3.05) is 6.54 Å². The molecule has 0 saturated heterocycles. The molecule has 0 atom stereocenters. The third-order valence-electron chi connectivity index (χ3n) is 3.71. The van der Waals surface area contributed by atoms with Gasteiger partial charge in [0.15, 0.2) is 11.5 Å². The van der Waals surface area contributed by atoms with Gasteiger partial charge in [-0.1, -0.05) is 6.07 Å². The SMILES string of the molecule is Cc1nc2ccc(CCNS(=O)(=O)c3ccc(F)c(C)c3)cc2o1.